The lowest BCUT2D eigenvalue weighted by molar-refractivity contribution is 0.620. The molecule has 3 heteroatoms. The van der Waals surface area contributed by atoms with Gasteiger partial charge in [-0.05, 0) is 41.3 Å². The second kappa shape index (κ2) is 6.69. The van der Waals surface area contributed by atoms with Crippen LogP contribution >= 0.6 is 11.6 Å². The van der Waals surface area contributed by atoms with E-state index < -0.39 is 0 Å². The summed E-state index contributed by atoms with van der Waals surface area (Å²) in [4.78, 5) is 0. The molecule has 0 radical (unpaired) electrons. The molecule has 2 aromatic carbocycles. The lowest BCUT2D eigenvalue weighted by Crippen LogP contribution is -2.14. The average molecular weight is 278 g/mol. The molecule has 2 rings (SSSR count). The van der Waals surface area contributed by atoms with E-state index >= 15 is 0 Å². The Labute approximate surface area is 118 Å². The zero-order valence-electron chi connectivity index (χ0n) is 10.9. The van der Waals surface area contributed by atoms with Crippen molar-refractivity contribution < 1.29 is 4.39 Å². The van der Waals surface area contributed by atoms with Gasteiger partial charge in [0.05, 0.1) is 0 Å². The highest BCUT2D eigenvalue weighted by Gasteiger charge is 2.03. The first kappa shape index (κ1) is 14.0. The first-order valence-electron chi connectivity index (χ1n) is 6.42. The Balaban J connectivity index is 1.98. The maximum atomic E-state index is 13.1. The molecule has 0 saturated carbocycles. The Morgan fingerprint density at radius 2 is 1.68 bits per heavy atom. The summed E-state index contributed by atoms with van der Waals surface area (Å²) < 4.78 is 13.1. The van der Waals surface area contributed by atoms with Crippen molar-refractivity contribution in [2.45, 2.75) is 26.4 Å². The van der Waals surface area contributed by atoms with Crippen LogP contribution in [0.3, 0.4) is 0 Å². The predicted octanol–water partition coefficient (Wildman–Crippen LogP) is 4.33. The van der Waals surface area contributed by atoms with Gasteiger partial charge in [0.25, 0.3) is 0 Å². The van der Waals surface area contributed by atoms with E-state index in [1.54, 1.807) is 6.07 Å². The van der Waals surface area contributed by atoms with Crippen molar-refractivity contribution in [2.24, 2.45) is 0 Å². The van der Waals surface area contributed by atoms with Crippen LogP contribution in [0.1, 0.15) is 23.6 Å². The molecule has 0 spiro atoms. The van der Waals surface area contributed by atoms with Gasteiger partial charge in [-0.2, -0.15) is 0 Å². The Morgan fingerprint density at radius 3 is 2.42 bits per heavy atom. The van der Waals surface area contributed by atoms with Crippen LogP contribution < -0.4 is 5.32 Å². The van der Waals surface area contributed by atoms with Gasteiger partial charge >= 0.3 is 0 Å². The molecule has 0 aliphatic carbocycles. The third-order valence-corrected chi connectivity index (χ3v) is 3.51. The van der Waals surface area contributed by atoms with E-state index in [1.165, 1.54) is 23.3 Å². The summed E-state index contributed by atoms with van der Waals surface area (Å²) in [6, 6.07) is 12.8. The second-order valence-electron chi connectivity index (χ2n) is 4.46. The lowest BCUT2D eigenvalue weighted by Gasteiger charge is -2.10. The topological polar surface area (TPSA) is 12.0 Å². The minimum Gasteiger partial charge on any atom is -0.309 e. The van der Waals surface area contributed by atoms with E-state index in [0.717, 1.165) is 18.5 Å². The Hall–Kier alpha value is -1.38. The fourth-order valence-corrected chi connectivity index (χ4v) is 2.27. The predicted molar refractivity (Wildman–Crippen MR) is 77.8 cm³/mol. The van der Waals surface area contributed by atoms with Crippen LogP contribution in [0.15, 0.2) is 42.5 Å². The quantitative estimate of drug-likeness (QED) is 0.858. The molecule has 1 N–H and O–H groups in total. The molecule has 100 valence electrons. The fourth-order valence-electron chi connectivity index (χ4n) is 2.09. The molecular weight excluding hydrogens is 261 g/mol. The molecule has 2 aromatic rings. The van der Waals surface area contributed by atoms with Gasteiger partial charge in [0, 0.05) is 18.1 Å². The molecule has 0 saturated heterocycles. The minimum absolute atomic E-state index is 0.254. The third-order valence-electron chi connectivity index (χ3n) is 3.14. The monoisotopic (exact) mass is 277 g/mol. The summed E-state index contributed by atoms with van der Waals surface area (Å²) in [6.07, 6.45) is 1.01. The number of hydrogen-bond donors (Lipinski definition) is 1. The van der Waals surface area contributed by atoms with Crippen LogP contribution in [-0.2, 0) is 19.5 Å². The number of benzene rings is 2. The van der Waals surface area contributed by atoms with E-state index in [9.17, 15) is 4.39 Å². The van der Waals surface area contributed by atoms with Gasteiger partial charge in [-0.15, -0.1) is 0 Å². The smallest absolute Gasteiger partial charge is 0.123 e. The molecule has 1 nitrogen and oxygen atoms in total. The van der Waals surface area contributed by atoms with Crippen LogP contribution in [0.2, 0.25) is 5.02 Å². The SMILES string of the molecule is CCc1ccccc1CNCc1cc(F)ccc1Cl. The van der Waals surface area contributed by atoms with E-state index in [1.807, 2.05) is 12.1 Å². The van der Waals surface area contributed by atoms with Crippen molar-refractivity contribution in [1.82, 2.24) is 5.32 Å². The summed E-state index contributed by atoms with van der Waals surface area (Å²) >= 11 is 6.03. The summed E-state index contributed by atoms with van der Waals surface area (Å²) in [5.74, 6) is -0.254. The van der Waals surface area contributed by atoms with Crippen LogP contribution in [0.4, 0.5) is 4.39 Å². The highest BCUT2D eigenvalue weighted by atomic mass is 35.5. The van der Waals surface area contributed by atoms with Gasteiger partial charge in [0.1, 0.15) is 5.82 Å². The van der Waals surface area contributed by atoms with Crippen molar-refractivity contribution in [1.29, 1.82) is 0 Å². The molecule has 0 amide bonds. The van der Waals surface area contributed by atoms with Gasteiger partial charge in [0.15, 0.2) is 0 Å². The molecule has 0 unspecified atom stereocenters. The fraction of sp³-hybridized carbons (Fsp3) is 0.250. The standard InChI is InChI=1S/C16H17ClFN/c1-2-12-5-3-4-6-13(12)10-19-11-14-9-15(18)7-8-16(14)17/h3-9,19H,2,10-11H2,1H3. The molecule has 0 aliphatic heterocycles. The highest BCUT2D eigenvalue weighted by Crippen LogP contribution is 2.17. The molecule has 0 bridgehead atoms. The van der Waals surface area contributed by atoms with E-state index in [4.69, 9.17) is 11.6 Å². The largest absolute Gasteiger partial charge is 0.309 e. The van der Waals surface area contributed by atoms with Crippen molar-refractivity contribution in [3.8, 4) is 0 Å². The van der Waals surface area contributed by atoms with Gasteiger partial charge < -0.3 is 5.32 Å². The first-order valence-corrected chi connectivity index (χ1v) is 6.80. The lowest BCUT2D eigenvalue weighted by atomic mass is 10.1. The normalized spacial score (nSPS) is 10.7. The number of halogens is 2. The average Bonchev–Trinajstić information content (AvgIpc) is 2.43. The van der Waals surface area contributed by atoms with Gasteiger partial charge in [0.2, 0.25) is 0 Å². The third kappa shape index (κ3) is 3.79. The molecule has 0 aliphatic rings. The number of rotatable bonds is 5. The zero-order chi connectivity index (χ0) is 13.7. The number of hydrogen-bond acceptors (Lipinski definition) is 1. The molecule has 0 heterocycles. The second-order valence-corrected chi connectivity index (χ2v) is 4.87. The van der Waals surface area contributed by atoms with Crippen molar-refractivity contribution in [3.63, 3.8) is 0 Å². The van der Waals surface area contributed by atoms with Crippen LogP contribution in [-0.4, -0.2) is 0 Å². The van der Waals surface area contributed by atoms with Gasteiger partial charge in [-0.3, -0.25) is 0 Å². The van der Waals surface area contributed by atoms with Gasteiger partial charge in [-0.1, -0.05) is 42.8 Å². The summed E-state index contributed by atoms with van der Waals surface area (Å²) in [7, 11) is 0. The van der Waals surface area contributed by atoms with Crippen molar-refractivity contribution >= 4 is 11.6 Å². The van der Waals surface area contributed by atoms with Crippen molar-refractivity contribution in [3.05, 3.63) is 70.0 Å². The Kier molecular flexibility index (Phi) is 4.94. The Morgan fingerprint density at radius 1 is 1.00 bits per heavy atom. The summed E-state index contributed by atoms with van der Waals surface area (Å²) in [6.45, 7) is 3.47. The van der Waals surface area contributed by atoms with Crippen LogP contribution in [0.5, 0.6) is 0 Å². The van der Waals surface area contributed by atoms with Crippen molar-refractivity contribution in [2.75, 3.05) is 0 Å². The highest BCUT2D eigenvalue weighted by molar-refractivity contribution is 6.31. The zero-order valence-corrected chi connectivity index (χ0v) is 11.7. The first-order chi connectivity index (χ1) is 9.20. The van der Waals surface area contributed by atoms with E-state index in [2.05, 4.69) is 24.4 Å². The maximum Gasteiger partial charge on any atom is 0.123 e. The summed E-state index contributed by atoms with van der Waals surface area (Å²) in [5.41, 5.74) is 3.40. The number of nitrogens with one attached hydrogen (secondary N) is 1. The van der Waals surface area contributed by atoms with E-state index in [-0.39, 0.29) is 5.82 Å². The maximum absolute atomic E-state index is 13.1. The molecule has 0 aromatic heterocycles. The molecule has 0 fully saturated rings. The van der Waals surface area contributed by atoms with Crippen LogP contribution in [0, 0.1) is 5.82 Å². The molecule has 0 atom stereocenters. The van der Waals surface area contributed by atoms with E-state index in [0.29, 0.717) is 11.6 Å². The number of aryl methyl sites for hydroxylation is 1. The minimum atomic E-state index is -0.254. The molecular formula is C16H17ClFN. The van der Waals surface area contributed by atoms with Crippen LogP contribution in [0.25, 0.3) is 0 Å². The Bertz CT molecular complexity index is 554. The molecule has 19 heavy (non-hydrogen) atoms. The summed E-state index contributed by atoms with van der Waals surface area (Å²) in [5, 5.41) is 3.90. The van der Waals surface area contributed by atoms with Gasteiger partial charge in [-0.25, -0.2) is 4.39 Å².